The van der Waals surface area contributed by atoms with E-state index in [1.54, 1.807) is 18.2 Å². The first-order valence-corrected chi connectivity index (χ1v) is 9.14. The smallest absolute Gasteiger partial charge is 0.305 e. The molecule has 0 bridgehead atoms. The molecule has 0 aliphatic carbocycles. The minimum Gasteiger partial charge on any atom is -0.466 e. The molecule has 1 aromatic rings. The number of likely N-dealkylation sites (tertiary alicyclic amines) is 1. The highest BCUT2D eigenvalue weighted by molar-refractivity contribution is 6.42. The van der Waals surface area contributed by atoms with Gasteiger partial charge in [0.05, 0.1) is 16.7 Å². The molecular formula is C18H23Cl2NO3. The summed E-state index contributed by atoms with van der Waals surface area (Å²) in [6, 6.07) is 5.06. The third kappa shape index (κ3) is 5.47. The quantitative estimate of drug-likeness (QED) is 0.531. The van der Waals surface area contributed by atoms with Crippen LogP contribution in [-0.4, -0.2) is 42.9 Å². The molecule has 1 aliphatic heterocycles. The van der Waals surface area contributed by atoms with Crippen molar-refractivity contribution < 1.29 is 14.3 Å². The third-order valence-electron chi connectivity index (χ3n) is 4.32. The number of ether oxygens (including phenoxy) is 1. The minimum atomic E-state index is -0.137. The zero-order chi connectivity index (χ0) is 17.5. The molecule has 1 aliphatic rings. The van der Waals surface area contributed by atoms with Crippen molar-refractivity contribution in [3.63, 3.8) is 0 Å². The molecule has 1 fully saturated rings. The highest BCUT2D eigenvalue weighted by atomic mass is 35.5. The maximum atomic E-state index is 12.6. The van der Waals surface area contributed by atoms with Crippen LogP contribution in [0.15, 0.2) is 18.2 Å². The van der Waals surface area contributed by atoms with Gasteiger partial charge >= 0.3 is 5.97 Å². The highest BCUT2D eigenvalue weighted by Crippen LogP contribution is 2.27. The standard InChI is InChI=1S/C18H23Cl2NO3/c1-2-24-17(22)4-3-9-21-10-7-13(8-11-21)18(23)14-5-6-15(19)16(20)12-14/h5-6,12-13H,2-4,7-11H2,1H3. The van der Waals surface area contributed by atoms with Crippen LogP contribution in [0, 0.1) is 5.92 Å². The monoisotopic (exact) mass is 371 g/mol. The highest BCUT2D eigenvalue weighted by Gasteiger charge is 2.26. The lowest BCUT2D eigenvalue weighted by Gasteiger charge is -2.31. The second-order valence-electron chi connectivity index (χ2n) is 6.02. The average Bonchev–Trinajstić information content (AvgIpc) is 2.57. The van der Waals surface area contributed by atoms with Gasteiger partial charge in [0.25, 0.3) is 0 Å². The maximum Gasteiger partial charge on any atom is 0.305 e. The Morgan fingerprint density at radius 3 is 2.54 bits per heavy atom. The van der Waals surface area contributed by atoms with Gasteiger partial charge in [-0.05, 0) is 64.0 Å². The molecule has 1 heterocycles. The summed E-state index contributed by atoms with van der Waals surface area (Å²) in [7, 11) is 0. The SMILES string of the molecule is CCOC(=O)CCCN1CCC(C(=O)c2ccc(Cl)c(Cl)c2)CC1. The largest absolute Gasteiger partial charge is 0.466 e. The van der Waals surface area contributed by atoms with Crippen molar-refractivity contribution in [2.75, 3.05) is 26.2 Å². The summed E-state index contributed by atoms with van der Waals surface area (Å²) in [5.41, 5.74) is 0.630. The summed E-state index contributed by atoms with van der Waals surface area (Å²) in [4.78, 5) is 26.2. The molecule has 6 heteroatoms. The van der Waals surface area contributed by atoms with Crippen LogP contribution in [0.5, 0.6) is 0 Å². The predicted molar refractivity (Wildman–Crippen MR) is 95.8 cm³/mol. The molecule has 4 nitrogen and oxygen atoms in total. The average molecular weight is 372 g/mol. The van der Waals surface area contributed by atoms with Gasteiger partial charge in [0, 0.05) is 17.9 Å². The van der Waals surface area contributed by atoms with Gasteiger partial charge < -0.3 is 9.64 Å². The Balaban J connectivity index is 1.76. The molecular weight excluding hydrogens is 349 g/mol. The van der Waals surface area contributed by atoms with Crippen LogP contribution in [0.3, 0.4) is 0 Å². The van der Waals surface area contributed by atoms with Crippen LogP contribution < -0.4 is 0 Å². The van der Waals surface area contributed by atoms with E-state index in [0.717, 1.165) is 38.9 Å². The molecule has 0 amide bonds. The van der Waals surface area contributed by atoms with Crippen molar-refractivity contribution in [3.8, 4) is 0 Å². The summed E-state index contributed by atoms with van der Waals surface area (Å²) in [6.45, 7) is 4.86. The van der Waals surface area contributed by atoms with Gasteiger partial charge in [0.15, 0.2) is 5.78 Å². The van der Waals surface area contributed by atoms with Crippen molar-refractivity contribution in [2.45, 2.75) is 32.6 Å². The van der Waals surface area contributed by atoms with Gasteiger partial charge in [-0.15, -0.1) is 0 Å². The van der Waals surface area contributed by atoms with Gasteiger partial charge in [0.2, 0.25) is 0 Å². The lowest BCUT2D eigenvalue weighted by atomic mass is 9.89. The number of carbonyl (C=O) groups is 2. The molecule has 0 spiro atoms. The molecule has 1 saturated heterocycles. The first-order valence-electron chi connectivity index (χ1n) is 8.38. The summed E-state index contributed by atoms with van der Waals surface area (Å²) < 4.78 is 4.92. The van der Waals surface area contributed by atoms with E-state index in [1.165, 1.54) is 0 Å². The maximum absolute atomic E-state index is 12.6. The number of piperidine rings is 1. The number of esters is 1. The van der Waals surface area contributed by atoms with Crippen molar-refractivity contribution >= 4 is 35.0 Å². The molecule has 1 aromatic carbocycles. The molecule has 0 radical (unpaired) electrons. The van der Waals surface area contributed by atoms with E-state index in [9.17, 15) is 9.59 Å². The fraction of sp³-hybridized carbons (Fsp3) is 0.556. The van der Waals surface area contributed by atoms with Crippen LogP contribution >= 0.6 is 23.2 Å². The van der Waals surface area contributed by atoms with E-state index in [0.29, 0.717) is 28.6 Å². The summed E-state index contributed by atoms with van der Waals surface area (Å²) >= 11 is 11.9. The van der Waals surface area contributed by atoms with Gasteiger partial charge in [-0.1, -0.05) is 23.2 Å². The van der Waals surface area contributed by atoms with Crippen LogP contribution in [0.1, 0.15) is 43.0 Å². The second-order valence-corrected chi connectivity index (χ2v) is 6.83. The summed E-state index contributed by atoms with van der Waals surface area (Å²) in [6.07, 6.45) is 2.91. The second kappa shape index (κ2) is 9.40. The van der Waals surface area contributed by atoms with Crippen LogP contribution in [0.2, 0.25) is 10.0 Å². The molecule has 0 aromatic heterocycles. The number of nitrogens with zero attached hydrogens (tertiary/aromatic N) is 1. The lowest BCUT2D eigenvalue weighted by Crippen LogP contribution is -2.37. The predicted octanol–water partition coefficient (Wildman–Crippen LogP) is 4.23. The Hall–Kier alpha value is -1.10. The number of Topliss-reactive ketones (excluding diaryl/α,β-unsaturated/α-hetero) is 1. The Kier molecular flexibility index (Phi) is 7.53. The van der Waals surface area contributed by atoms with Crippen LogP contribution in [0.4, 0.5) is 0 Å². The lowest BCUT2D eigenvalue weighted by molar-refractivity contribution is -0.143. The first kappa shape index (κ1) is 19.2. The minimum absolute atomic E-state index is 0.0311. The van der Waals surface area contributed by atoms with Crippen molar-refractivity contribution in [2.24, 2.45) is 5.92 Å². The topological polar surface area (TPSA) is 46.6 Å². The van der Waals surface area contributed by atoms with Crippen molar-refractivity contribution in [1.29, 1.82) is 0 Å². The number of hydrogen-bond donors (Lipinski definition) is 0. The molecule has 0 saturated carbocycles. The Morgan fingerprint density at radius 2 is 1.92 bits per heavy atom. The van der Waals surface area contributed by atoms with E-state index in [4.69, 9.17) is 27.9 Å². The molecule has 0 atom stereocenters. The number of rotatable bonds is 7. The zero-order valence-corrected chi connectivity index (χ0v) is 15.4. The zero-order valence-electron chi connectivity index (χ0n) is 13.9. The van der Waals surface area contributed by atoms with E-state index >= 15 is 0 Å². The van der Waals surface area contributed by atoms with Crippen LogP contribution in [-0.2, 0) is 9.53 Å². The number of carbonyl (C=O) groups excluding carboxylic acids is 2. The number of ketones is 1. The van der Waals surface area contributed by atoms with E-state index < -0.39 is 0 Å². The Morgan fingerprint density at radius 1 is 1.21 bits per heavy atom. The van der Waals surface area contributed by atoms with Crippen LogP contribution in [0.25, 0.3) is 0 Å². The Bertz CT molecular complexity index is 584. The normalized spacial score (nSPS) is 16.1. The van der Waals surface area contributed by atoms with Crippen molar-refractivity contribution in [1.82, 2.24) is 4.90 Å². The molecule has 0 N–H and O–H groups in total. The first-order chi connectivity index (χ1) is 11.5. The summed E-state index contributed by atoms with van der Waals surface area (Å²) in [5.74, 6) is 0.0328. The van der Waals surface area contributed by atoms with Gasteiger partial charge in [0.1, 0.15) is 0 Å². The van der Waals surface area contributed by atoms with E-state index in [1.807, 2.05) is 6.92 Å². The number of benzene rings is 1. The third-order valence-corrected chi connectivity index (χ3v) is 5.06. The molecule has 2 rings (SSSR count). The van der Waals surface area contributed by atoms with Gasteiger partial charge in [-0.2, -0.15) is 0 Å². The molecule has 132 valence electrons. The fourth-order valence-corrected chi connectivity index (χ4v) is 3.28. The number of halogens is 2. The number of hydrogen-bond acceptors (Lipinski definition) is 4. The fourth-order valence-electron chi connectivity index (χ4n) is 2.98. The van der Waals surface area contributed by atoms with Crippen molar-refractivity contribution in [3.05, 3.63) is 33.8 Å². The Labute approximate surface area is 153 Å². The molecule has 24 heavy (non-hydrogen) atoms. The van der Waals surface area contributed by atoms with Gasteiger partial charge in [-0.25, -0.2) is 0 Å². The molecule has 0 unspecified atom stereocenters. The summed E-state index contributed by atoms with van der Waals surface area (Å²) in [5, 5.41) is 0.878. The van der Waals surface area contributed by atoms with Gasteiger partial charge in [-0.3, -0.25) is 9.59 Å². The van der Waals surface area contributed by atoms with E-state index in [-0.39, 0.29) is 17.7 Å². The van der Waals surface area contributed by atoms with E-state index in [2.05, 4.69) is 4.90 Å².